The molecule has 262 valence electrons. The Hall–Kier alpha value is -7.66. The van der Waals surface area contributed by atoms with Crippen molar-refractivity contribution in [2.45, 2.75) is 13.8 Å². The van der Waals surface area contributed by atoms with Crippen LogP contribution in [-0.2, 0) is 0 Å². The molecule has 10 rings (SSSR count). The van der Waals surface area contributed by atoms with E-state index in [1.807, 2.05) is 24.3 Å². The van der Waals surface area contributed by atoms with Gasteiger partial charge in [0, 0.05) is 27.1 Å². The molecule has 0 aliphatic heterocycles. The summed E-state index contributed by atoms with van der Waals surface area (Å²) in [6, 6.07) is 64.4. The zero-order valence-corrected chi connectivity index (χ0v) is 31.0. The first-order valence-corrected chi connectivity index (χ1v) is 18.8. The average Bonchev–Trinajstić information content (AvgIpc) is 3.76. The third-order valence-corrected chi connectivity index (χ3v) is 11.1. The molecule has 0 spiro atoms. The van der Waals surface area contributed by atoms with Crippen LogP contribution in [0.15, 0.2) is 170 Å². The Bertz CT molecular complexity index is 3270. The quantitative estimate of drug-likeness (QED) is 0.178. The molecule has 56 heavy (non-hydrogen) atoms. The van der Waals surface area contributed by atoms with Gasteiger partial charge in [-0.05, 0) is 102 Å². The number of hydrogen-bond donors (Lipinski definition) is 0. The second-order valence-corrected chi connectivity index (χ2v) is 14.6. The number of benzene rings is 8. The molecule has 4 heteroatoms. The van der Waals surface area contributed by atoms with E-state index in [0.29, 0.717) is 11.1 Å². The largest absolute Gasteiger partial charge is 0.307 e. The number of nitrogens with zero attached hydrogens (tertiary/aromatic N) is 4. The Morgan fingerprint density at radius 1 is 0.375 bits per heavy atom. The van der Waals surface area contributed by atoms with Gasteiger partial charge in [0.2, 0.25) is 0 Å². The molecule has 0 unspecified atom stereocenters. The van der Waals surface area contributed by atoms with Crippen LogP contribution in [0.3, 0.4) is 0 Å². The van der Waals surface area contributed by atoms with Crippen molar-refractivity contribution in [3.8, 4) is 56.9 Å². The van der Waals surface area contributed by atoms with Crippen LogP contribution in [0.25, 0.3) is 88.4 Å². The minimum Gasteiger partial charge on any atom is -0.307 e. The van der Waals surface area contributed by atoms with Gasteiger partial charge in [-0.1, -0.05) is 120 Å². The Morgan fingerprint density at radius 2 is 0.857 bits per heavy atom. The molecular weight excluding hydrogens is 681 g/mol. The van der Waals surface area contributed by atoms with Crippen LogP contribution in [0.2, 0.25) is 0 Å². The van der Waals surface area contributed by atoms with Gasteiger partial charge in [-0.15, -0.1) is 0 Å². The van der Waals surface area contributed by atoms with Crippen LogP contribution in [0.5, 0.6) is 0 Å². The normalized spacial score (nSPS) is 11.4. The lowest BCUT2D eigenvalue weighted by molar-refractivity contribution is 1.09. The molecule has 0 radical (unpaired) electrons. The van der Waals surface area contributed by atoms with Crippen LogP contribution in [0, 0.1) is 36.5 Å². The van der Waals surface area contributed by atoms with Gasteiger partial charge < -0.3 is 9.13 Å². The number of fused-ring (bicyclic) bond motifs is 6. The average molecular weight is 715 g/mol. The van der Waals surface area contributed by atoms with Crippen LogP contribution < -0.4 is 0 Å². The highest BCUT2D eigenvalue weighted by Crippen LogP contribution is 2.42. The first-order chi connectivity index (χ1) is 27.5. The first kappa shape index (κ1) is 32.9. The Balaban J connectivity index is 1.31. The molecule has 0 amide bonds. The fourth-order valence-corrected chi connectivity index (χ4v) is 8.34. The number of para-hydroxylation sites is 2. The van der Waals surface area contributed by atoms with Gasteiger partial charge >= 0.3 is 0 Å². The molecule has 8 aromatic carbocycles. The smallest absolute Gasteiger partial charge is 0.0998 e. The monoisotopic (exact) mass is 714 g/mol. The minimum atomic E-state index is 0.531. The van der Waals surface area contributed by atoms with E-state index >= 15 is 0 Å². The zero-order chi connectivity index (χ0) is 37.9. The van der Waals surface area contributed by atoms with E-state index in [9.17, 15) is 10.5 Å². The van der Waals surface area contributed by atoms with Crippen molar-refractivity contribution >= 4 is 43.6 Å². The van der Waals surface area contributed by atoms with Crippen molar-refractivity contribution in [3.05, 3.63) is 192 Å². The van der Waals surface area contributed by atoms with E-state index in [2.05, 4.69) is 175 Å². The van der Waals surface area contributed by atoms with E-state index in [1.165, 1.54) is 22.3 Å². The maximum absolute atomic E-state index is 10.8. The highest BCUT2D eigenvalue weighted by molar-refractivity contribution is 6.13. The summed E-state index contributed by atoms with van der Waals surface area (Å²) >= 11 is 0. The fraction of sp³-hybridized carbons (Fsp3) is 0.0385. The lowest BCUT2D eigenvalue weighted by Gasteiger charge is -2.19. The number of aromatic nitrogens is 2. The van der Waals surface area contributed by atoms with E-state index in [4.69, 9.17) is 0 Å². The lowest BCUT2D eigenvalue weighted by atomic mass is 9.96. The van der Waals surface area contributed by atoms with Crippen molar-refractivity contribution < 1.29 is 0 Å². The molecule has 0 N–H and O–H groups in total. The van der Waals surface area contributed by atoms with Crippen LogP contribution >= 0.6 is 0 Å². The summed E-state index contributed by atoms with van der Waals surface area (Å²) in [5.74, 6) is 0. The SMILES string of the molecule is Cc1ccc(-c2ccc3c(c2)c2ccccc2n3-c2cc(C#N)c(-c3cccc(C#N)c3)cc2-n2c3ccccc3c3cc(-c4ccc(C)cc4)ccc32)cc1. The minimum absolute atomic E-state index is 0.531. The van der Waals surface area contributed by atoms with E-state index < -0.39 is 0 Å². The Kier molecular flexibility index (Phi) is 7.66. The standard InChI is InChI=1S/C52H34N4/c1-33-14-18-36(19-15-33)38-22-24-49-45(27-38)42-10-3-5-12-47(42)55(49)51-29-41(32-54)44(40-9-7-8-35(26-40)31-53)30-52(51)56-48-13-6-4-11-43(48)46-28-39(23-25-50(46)56)37-20-16-34(2)17-21-37/h3-30H,1-2H3. The number of hydrogen-bond acceptors (Lipinski definition) is 2. The van der Waals surface area contributed by atoms with Gasteiger partial charge in [0.15, 0.2) is 0 Å². The van der Waals surface area contributed by atoms with Gasteiger partial charge in [0.25, 0.3) is 0 Å². The van der Waals surface area contributed by atoms with Crippen molar-refractivity contribution in [2.24, 2.45) is 0 Å². The molecule has 2 aromatic heterocycles. The number of rotatable bonds is 5. The predicted molar refractivity (Wildman–Crippen MR) is 230 cm³/mol. The molecule has 0 bridgehead atoms. The highest BCUT2D eigenvalue weighted by Gasteiger charge is 2.23. The second-order valence-electron chi connectivity index (χ2n) is 14.6. The first-order valence-electron chi connectivity index (χ1n) is 18.8. The molecule has 0 saturated carbocycles. The highest BCUT2D eigenvalue weighted by atomic mass is 15.1. The van der Waals surface area contributed by atoms with Crippen LogP contribution in [0.1, 0.15) is 22.3 Å². The van der Waals surface area contributed by atoms with Gasteiger partial charge in [-0.3, -0.25) is 0 Å². The molecule has 0 saturated heterocycles. The van der Waals surface area contributed by atoms with Crippen molar-refractivity contribution in [3.63, 3.8) is 0 Å². The predicted octanol–water partition coefficient (Wildman–Crippen LogP) is 13.2. The summed E-state index contributed by atoms with van der Waals surface area (Å²) in [5, 5.41) is 25.2. The van der Waals surface area contributed by atoms with Crippen LogP contribution in [0.4, 0.5) is 0 Å². The van der Waals surface area contributed by atoms with Crippen molar-refractivity contribution in [1.82, 2.24) is 9.13 Å². The molecule has 0 atom stereocenters. The van der Waals surface area contributed by atoms with Gasteiger partial charge in [0.1, 0.15) is 0 Å². The molecule has 4 nitrogen and oxygen atoms in total. The zero-order valence-electron chi connectivity index (χ0n) is 31.0. The van der Waals surface area contributed by atoms with E-state index in [1.54, 1.807) is 6.07 Å². The van der Waals surface area contributed by atoms with Crippen molar-refractivity contribution in [2.75, 3.05) is 0 Å². The van der Waals surface area contributed by atoms with Gasteiger partial charge in [-0.2, -0.15) is 10.5 Å². The summed E-state index contributed by atoms with van der Waals surface area (Å²) < 4.78 is 4.66. The van der Waals surface area contributed by atoms with Gasteiger partial charge in [-0.25, -0.2) is 0 Å². The summed E-state index contributed by atoms with van der Waals surface area (Å²) in [5.41, 5.74) is 15.8. The van der Waals surface area contributed by atoms with Gasteiger partial charge in [0.05, 0.1) is 56.7 Å². The molecule has 0 aliphatic rings. The third-order valence-electron chi connectivity index (χ3n) is 11.1. The third kappa shape index (κ3) is 5.28. The van der Waals surface area contributed by atoms with E-state index in [0.717, 1.165) is 77.2 Å². The maximum Gasteiger partial charge on any atom is 0.0998 e. The fourth-order valence-electron chi connectivity index (χ4n) is 8.34. The summed E-state index contributed by atoms with van der Waals surface area (Å²) in [4.78, 5) is 0. The summed E-state index contributed by atoms with van der Waals surface area (Å²) in [6.07, 6.45) is 0. The summed E-state index contributed by atoms with van der Waals surface area (Å²) in [7, 11) is 0. The van der Waals surface area contributed by atoms with Crippen LogP contribution in [-0.4, -0.2) is 9.13 Å². The van der Waals surface area contributed by atoms with Crippen molar-refractivity contribution in [1.29, 1.82) is 10.5 Å². The lowest BCUT2D eigenvalue weighted by Crippen LogP contribution is -2.05. The molecule has 2 heterocycles. The Labute approximate surface area is 325 Å². The topological polar surface area (TPSA) is 57.4 Å². The van der Waals surface area contributed by atoms with E-state index in [-0.39, 0.29) is 0 Å². The number of nitriles is 2. The molecule has 0 fully saturated rings. The second kappa shape index (κ2) is 13.0. The molecule has 0 aliphatic carbocycles. The number of aryl methyl sites for hydroxylation is 2. The molecule has 10 aromatic rings. The summed E-state index contributed by atoms with van der Waals surface area (Å²) in [6.45, 7) is 4.22. The maximum atomic E-state index is 10.8. The molecular formula is C52H34N4. The Morgan fingerprint density at radius 3 is 1.38 bits per heavy atom.